The Labute approximate surface area is 214 Å². The monoisotopic (exact) mass is 517 g/mol. The Morgan fingerprint density at radius 1 is 1.27 bits per heavy atom. The van der Waals surface area contributed by atoms with Crippen molar-refractivity contribution in [3.8, 4) is 5.75 Å². The maximum Gasteiger partial charge on any atom is 0.274 e. The van der Waals surface area contributed by atoms with Gasteiger partial charge in [-0.15, -0.1) is 0 Å². The van der Waals surface area contributed by atoms with Crippen molar-refractivity contribution in [2.45, 2.75) is 58.2 Å². The van der Waals surface area contributed by atoms with Gasteiger partial charge in [0.15, 0.2) is 11.4 Å². The first-order valence-electron chi connectivity index (χ1n) is 12.6. The number of aromatic nitrogens is 1. The van der Waals surface area contributed by atoms with Crippen LogP contribution < -0.4 is 15.5 Å². The number of pyridine rings is 1. The number of unbranched alkanes of at least 4 members (excludes halogenated alkanes) is 1. The van der Waals surface area contributed by atoms with Crippen LogP contribution >= 0.6 is 0 Å². The fourth-order valence-corrected chi connectivity index (χ4v) is 4.96. The highest BCUT2D eigenvalue weighted by Gasteiger charge is 2.61. The van der Waals surface area contributed by atoms with E-state index < -0.39 is 28.5 Å². The number of rotatable bonds is 10. The third-order valence-corrected chi connectivity index (χ3v) is 7.19. The van der Waals surface area contributed by atoms with Crippen LogP contribution in [0.2, 0.25) is 0 Å². The van der Waals surface area contributed by atoms with Gasteiger partial charge in [-0.2, -0.15) is 0 Å². The summed E-state index contributed by atoms with van der Waals surface area (Å²) in [6.07, 6.45) is 3.62. The van der Waals surface area contributed by atoms with Crippen LogP contribution in [0.1, 0.15) is 66.4 Å². The zero-order chi connectivity index (χ0) is 26.9. The minimum absolute atomic E-state index is 0.0776. The summed E-state index contributed by atoms with van der Waals surface area (Å²) in [5.74, 6) is -2.65. The number of hydrogen-bond donors (Lipinski definition) is 1. The Bertz CT molecular complexity index is 1260. The topological polar surface area (TPSA) is 89.9 Å². The zero-order valence-electron chi connectivity index (χ0n) is 21.6. The van der Waals surface area contributed by atoms with E-state index in [0.717, 1.165) is 18.6 Å². The van der Waals surface area contributed by atoms with Crippen LogP contribution in [0.5, 0.6) is 5.75 Å². The molecule has 37 heavy (non-hydrogen) atoms. The van der Waals surface area contributed by atoms with Crippen molar-refractivity contribution in [2.24, 2.45) is 5.92 Å². The van der Waals surface area contributed by atoms with Gasteiger partial charge in [0, 0.05) is 50.0 Å². The molecule has 2 aromatic rings. The molecule has 8 nitrogen and oxygen atoms in total. The first-order valence-corrected chi connectivity index (χ1v) is 12.6. The second-order valence-electron chi connectivity index (χ2n) is 10.0. The van der Waals surface area contributed by atoms with E-state index in [2.05, 4.69) is 5.32 Å². The molecule has 1 aliphatic carbocycles. The Hall–Kier alpha value is -3.27. The highest BCUT2D eigenvalue weighted by molar-refractivity contribution is 5.99. The van der Waals surface area contributed by atoms with E-state index in [4.69, 9.17) is 9.47 Å². The molecule has 1 N–H and O–H groups in total. The number of carbonyl (C=O) groups is 2. The second-order valence-corrected chi connectivity index (χ2v) is 10.0. The van der Waals surface area contributed by atoms with E-state index in [0.29, 0.717) is 26.0 Å². The maximum absolute atomic E-state index is 14.1. The smallest absolute Gasteiger partial charge is 0.274 e. The number of methoxy groups -OCH3 is 1. The van der Waals surface area contributed by atoms with Crippen molar-refractivity contribution in [3.05, 3.63) is 63.1 Å². The summed E-state index contributed by atoms with van der Waals surface area (Å²) in [4.78, 5) is 42.0. The van der Waals surface area contributed by atoms with Crippen molar-refractivity contribution in [3.63, 3.8) is 0 Å². The molecule has 1 aromatic heterocycles. The van der Waals surface area contributed by atoms with E-state index in [1.54, 1.807) is 16.6 Å². The fraction of sp³-hybridized carbons (Fsp3) is 0.519. The Balaban J connectivity index is 1.78. The SMILES string of the molecule is CCCCOc1c2n(cc(C(=O)NCc3ccc(F)cc3F)c1=O)[C@]1(C[C@H]1COC)CN(C(C)C)C2=O. The van der Waals surface area contributed by atoms with Gasteiger partial charge in [0.25, 0.3) is 11.8 Å². The van der Waals surface area contributed by atoms with Crippen LogP contribution in [-0.4, -0.2) is 54.2 Å². The first kappa shape index (κ1) is 26.8. The Morgan fingerprint density at radius 2 is 2.03 bits per heavy atom. The van der Waals surface area contributed by atoms with Crippen LogP contribution in [-0.2, 0) is 16.8 Å². The fourth-order valence-electron chi connectivity index (χ4n) is 4.96. The van der Waals surface area contributed by atoms with Gasteiger partial charge in [-0.3, -0.25) is 14.4 Å². The van der Waals surface area contributed by atoms with Crippen molar-refractivity contribution >= 4 is 11.8 Å². The molecule has 0 bridgehead atoms. The maximum atomic E-state index is 14.1. The average Bonchev–Trinajstić information content (AvgIpc) is 3.54. The predicted molar refractivity (Wildman–Crippen MR) is 133 cm³/mol. The van der Waals surface area contributed by atoms with Crippen LogP contribution in [0.15, 0.2) is 29.2 Å². The van der Waals surface area contributed by atoms with Crippen molar-refractivity contribution in [1.82, 2.24) is 14.8 Å². The van der Waals surface area contributed by atoms with Crippen molar-refractivity contribution in [1.29, 1.82) is 0 Å². The van der Waals surface area contributed by atoms with Gasteiger partial charge >= 0.3 is 0 Å². The van der Waals surface area contributed by atoms with E-state index in [1.807, 2.05) is 20.8 Å². The molecule has 1 saturated carbocycles. The molecule has 0 saturated heterocycles. The van der Waals surface area contributed by atoms with Gasteiger partial charge in [-0.25, -0.2) is 8.78 Å². The van der Waals surface area contributed by atoms with Crippen molar-refractivity contribution in [2.75, 3.05) is 26.9 Å². The highest BCUT2D eigenvalue weighted by atomic mass is 19.1. The summed E-state index contributed by atoms with van der Waals surface area (Å²) in [5, 5.41) is 2.55. The van der Waals surface area contributed by atoms with Crippen LogP contribution in [0.4, 0.5) is 8.78 Å². The number of amides is 2. The minimum atomic E-state index is -0.801. The van der Waals surface area contributed by atoms with Gasteiger partial charge < -0.3 is 24.3 Å². The zero-order valence-corrected chi connectivity index (χ0v) is 21.6. The van der Waals surface area contributed by atoms with Gasteiger partial charge in [0.2, 0.25) is 5.43 Å². The van der Waals surface area contributed by atoms with Crippen molar-refractivity contribution < 1.29 is 27.8 Å². The Kier molecular flexibility index (Phi) is 7.68. The van der Waals surface area contributed by atoms with Gasteiger partial charge in [0.1, 0.15) is 17.2 Å². The molecule has 0 unspecified atom stereocenters. The first-order chi connectivity index (χ1) is 17.6. The number of nitrogens with one attached hydrogen (secondary N) is 1. The third kappa shape index (κ3) is 4.99. The molecule has 0 radical (unpaired) electrons. The number of carbonyl (C=O) groups excluding carboxylic acids is 2. The Morgan fingerprint density at radius 3 is 2.68 bits per heavy atom. The lowest BCUT2D eigenvalue weighted by Gasteiger charge is -2.40. The number of nitrogens with zero attached hydrogens (tertiary/aromatic N) is 2. The number of benzene rings is 1. The molecule has 2 amide bonds. The number of ether oxygens (including phenoxy) is 2. The summed E-state index contributed by atoms with van der Waals surface area (Å²) in [5.41, 5.74) is -1.21. The third-order valence-electron chi connectivity index (χ3n) is 7.19. The molecular formula is C27H33F2N3O5. The lowest BCUT2D eigenvalue weighted by molar-refractivity contribution is 0.0540. The quantitative estimate of drug-likeness (QED) is 0.488. The number of hydrogen-bond acceptors (Lipinski definition) is 5. The summed E-state index contributed by atoms with van der Waals surface area (Å²) in [6, 6.07) is 2.96. The molecule has 1 aromatic carbocycles. The predicted octanol–water partition coefficient (Wildman–Crippen LogP) is 3.46. The van der Waals surface area contributed by atoms with Crippen LogP contribution in [0.25, 0.3) is 0 Å². The normalized spacial score (nSPS) is 20.4. The average molecular weight is 518 g/mol. The largest absolute Gasteiger partial charge is 0.487 e. The van der Waals surface area contributed by atoms with Gasteiger partial charge in [-0.1, -0.05) is 19.4 Å². The summed E-state index contributed by atoms with van der Waals surface area (Å²) >= 11 is 0. The standard InChI is InChI=1S/C27H33F2N3O5/c1-5-6-9-37-24-22-26(35)31(16(2)3)15-27(11-18(27)14-36-4)32(22)13-20(23(24)33)25(34)30-12-17-7-8-19(28)10-21(17)29/h7-8,10,13,16,18H,5-6,9,11-12,14-15H2,1-4H3,(H,30,34)/t18-,27+/m0/s1. The minimum Gasteiger partial charge on any atom is -0.487 e. The van der Waals surface area contributed by atoms with E-state index in [1.165, 1.54) is 12.3 Å². The second kappa shape index (κ2) is 10.6. The number of halogens is 2. The van der Waals surface area contributed by atoms with E-state index >= 15 is 0 Å². The summed E-state index contributed by atoms with van der Waals surface area (Å²) in [6.45, 7) is 6.67. The molecule has 4 rings (SSSR count). The molecule has 10 heteroatoms. The molecule has 1 fully saturated rings. The molecular weight excluding hydrogens is 484 g/mol. The molecule has 200 valence electrons. The molecule has 2 heterocycles. The molecule has 2 aliphatic rings. The van der Waals surface area contributed by atoms with Gasteiger partial charge in [0.05, 0.1) is 18.8 Å². The van der Waals surface area contributed by atoms with E-state index in [9.17, 15) is 23.2 Å². The molecule has 1 spiro atoms. The lowest BCUT2D eigenvalue weighted by atomic mass is 10.0. The highest BCUT2D eigenvalue weighted by Crippen LogP contribution is 2.54. The van der Waals surface area contributed by atoms with Gasteiger partial charge in [-0.05, 0) is 32.8 Å². The lowest BCUT2D eigenvalue weighted by Crippen LogP contribution is -2.52. The molecule has 1 aliphatic heterocycles. The van der Waals surface area contributed by atoms with E-state index in [-0.39, 0.29) is 53.6 Å². The summed E-state index contributed by atoms with van der Waals surface area (Å²) in [7, 11) is 1.61. The molecule has 2 atom stereocenters. The summed E-state index contributed by atoms with van der Waals surface area (Å²) < 4.78 is 40.3. The van der Waals surface area contributed by atoms with Crippen LogP contribution in [0, 0.1) is 17.6 Å². The number of fused-ring (bicyclic) bond motifs is 2. The van der Waals surface area contributed by atoms with Crippen LogP contribution in [0.3, 0.4) is 0 Å².